The third kappa shape index (κ3) is 4.10. The van der Waals surface area contributed by atoms with Crippen LogP contribution >= 0.6 is 0 Å². The van der Waals surface area contributed by atoms with Crippen LogP contribution in [0.15, 0.2) is 36.7 Å². The molecule has 6 nitrogen and oxygen atoms in total. The molecule has 27 heavy (non-hydrogen) atoms. The molecule has 3 unspecified atom stereocenters. The summed E-state index contributed by atoms with van der Waals surface area (Å²) < 4.78 is 18.5. The number of hydrogen-bond donors (Lipinski definition) is 2. The first-order valence-electron chi connectivity index (χ1n) is 9.53. The number of halogens is 1. The Bertz CT molecular complexity index is 756. The molecule has 1 aromatic heterocycles. The number of hydrazine groups is 1. The standard InChI is InChI=1S/C20H26FN5O/c1-27-12-17-9-19(23-13-22-17)26-8-2-3-15(11-26)20-18(10-24-25-20)14-4-6-16(21)7-5-14/h4-7,9,13,15,18,20,24-25H,2-3,8,10-12H2,1H3. The molecule has 2 aromatic rings. The lowest BCUT2D eigenvalue weighted by Gasteiger charge is -2.38. The summed E-state index contributed by atoms with van der Waals surface area (Å²) in [7, 11) is 1.67. The summed E-state index contributed by atoms with van der Waals surface area (Å²) in [5.74, 6) is 1.61. The summed E-state index contributed by atoms with van der Waals surface area (Å²) in [6.07, 6.45) is 3.91. The van der Waals surface area contributed by atoms with Crippen LogP contribution in [-0.2, 0) is 11.3 Å². The number of piperidine rings is 1. The van der Waals surface area contributed by atoms with Crippen molar-refractivity contribution in [2.24, 2.45) is 5.92 Å². The van der Waals surface area contributed by atoms with Gasteiger partial charge in [0.15, 0.2) is 0 Å². The van der Waals surface area contributed by atoms with Crippen LogP contribution in [0.2, 0.25) is 0 Å². The first-order valence-corrected chi connectivity index (χ1v) is 9.53. The van der Waals surface area contributed by atoms with Gasteiger partial charge in [0, 0.05) is 44.8 Å². The molecular formula is C20H26FN5O. The van der Waals surface area contributed by atoms with E-state index in [2.05, 4.69) is 25.7 Å². The maximum Gasteiger partial charge on any atom is 0.132 e. The van der Waals surface area contributed by atoms with Crippen molar-refractivity contribution in [2.75, 3.05) is 31.6 Å². The van der Waals surface area contributed by atoms with Gasteiger partial charge in [0.1, 0.15) is 18.0 Å². The molecule has 0 saturated carbocycles. The van der Waals surface area contributed by atoms with Gasteiger partial charge < -0.3 is 9.64 Å². The van der Waals surface area contributed by atoms with Crippen molar-refractivity contribution in [1.29, 1.82) is 0 Å². The van der Waals surface area contributed by atoms with E-state index in [1.807, 2.05) is 18.2 Å². The van der Waals surface area contributed by atoms with Crippen molar-refractivity contribution in [3.63, 3.8) is 0 Å². The quantitative estimate of drug-likeness (QED) is 0.841. The molecule has 2 aliphatic rings. The van der Waals surface area contributed by atoms with Gasteiger partial charge in [-0.1, -0.05) is 12.1 Å². The van der Waals surface area contributed by atoms with Gasteiger partial charge in [-0.2, -0.15) is 0 Å². The van der Waals surface area contributed by atoms with E-state index < -0.39 is 0 Å². The molecule has 2 N–H and O–H groups in total. The average Bonchev–Trinajstić information content (AvgIpc) is 3.19. The molecule has 4 rings (SSSR count). The molecule has 7 heteroatoms. The van der Waals surface area contributed by atoms with Crippen molar-refractivity contribution >= 4 is 5.82 Å². The number of nitrogens with zero attached hydrogens (tertiary/aromatic N) is 3. The Morgan fingerprint density at radius 2 is 2.11 bits per heavy atom. The molecule has 3 heterocycles. The Morgan fingerprint density at radius 1 is 1.26 bits per heavy atom. The predicted octanol–water partition coefficient (Wildman–Crippen LogP) is 2.24. The third-order valence-corrected chi connectivity index (χ3v) is 5.61. The normalized spacial score (nSPS) is 25.7. The Balaban J connectivity index is 1.49. The Labute approximate surface area is 159 Å². The highest BCUT2D eigenvalue weighted by Crippen LogP contribution is 2.32. The number of nitrogens with one attached hydrogen (secondary N) is 2. The number of ether oxygens (including phenoxy) is 1. The Kier molecular flexibility index (Phi) is 5.61. The van der Waals surface area contributed by atoms with E-state index in [4.69, 9.17) is 4.74 Å². The summed E-state index contributed by atoms with van der Waals surface area (Å²) in [6, 6.07) is 9.25. The lowest BCUT2D eigenvalue weighted by molar-refractivity contribution is 0.181. The minimum Gasteiger partial charge on any atom is -0.378 e. The van der Waals surface area contributed by atoms with E-state index in [-0.39, 0.29) is 5.82 Å². The zero-order valence-corrected chi connectivity index (χ0v) is 15.6. The van der Waals surface area contributed by atoms with Gasteiger partial charge in [-0.05, 0) is 36.5 Å². The second-order valence-electron chi connectivity index (χ2n) is 7.36. The zero-order chi connectivity index (χ0) is 18.6. The van der Waals surface area contributed by atoms with Crippen LogP contribution in [0.3, 0.4) is 0 Å². The smallest absolute Gasteiger partial charge is 0.132 e. The highest BCUT2D eigenvalue weighted by Gasteiger charge is 2.37. The van der Waals surface area contributed by atoms with Crippen LogP contribution in [0, 0.1) is 11.7 Å². The van der Waals surface area contributed by atoms with E-state index in [0.717, 1.165) is 37.6 Å². The molecule has 2 aliphatic heterocycles. The van der Waals surface area contributed by atoms with Crippen molar-refractivity contribution in [2.45, 2.75) is 31.4 Å². The van der Waals surface area contributed by atoms with E-state index in [0.29, 0.717) is 24.5 Å². The largest absolute Gasteiger partial charge is 0.378 e. The molecule has 144 valence electrons. The number of rotatable bonds is 5. The fourth-order valence-electron chi connectivity index (χ4n) is 4.29. The first kappa shape index (κ1) is 18.3. The van der Waals surface area contributed by atoms with Crippen LogP contribution in [-0.4, -0.2) is 42.8 Å². The second-order valence-corrected chi connectivity index (χ2v) is 7.36. The van der Waals surface area contributed by atoms with Crippen LogP contribution in [0.1, 0.15) is 30.0 Å². The van der Waals surface area contributed by atoms with E-state index in [1.54, 1.807) is 25.6 Å². The first-order chi connectivity index (χ1) is 13.2. The van der Waals surface area contributed by atoms with Crippen molar-refractivity contribution in [3.05, 3.63) is 53.7 Å². The van der Waals surface area contributed by atoms with Crippen molar-refractivity contribution in [1.82, 2.24) is 20.8 Å². The maximum atomic E-state index is 13.3. The summed E-state index contributed by atoms with van der Waals surface area (Å²) >= 11 is 0. The van der Waals surface area contributed by atoms with Gasteiger partial charge in [-0.15, -0.1) is 0 Å². The summed E-state index contributed by atoms with van der Waals surface area (Å²) in [5.41, 5.74) is 8.86. The molecule has 0 radical (unpaired) electrons. The Morgan fingerprint density at radius 3 is 2.93 bits per heavy atom. The number of aromatic nitrogens is 2. The summed E-state index contributed by atoms with van der Waals surface area (Å²) in [4.78, 5) is 11.1. The van der Waals surface area contributed by atoms with Crippen molar-refractivity contribution < 1.29 is 9.13 Å². The second kappa shape index (κ2) is 8.29. The summed E-state index contributed by atoms with van der Waals surface area (Å²) in [6.45, 7) is 3.30. The van der Waals surface area contributed by atoms with Crippen LogP contribution in [0.5, 0.6) is 0 Å². The average molecular weight is 371 g/mol. The number of methoxy groups -OCH3 is 1. The summed E-state index contributed by atoms with van der Waals surface area (Å²) in [5, 5.41) is 0. The van der Waals surface area contributed by atoms with E-state index in [9.17, 15) is 4.39 Å². The number of benzene rings is 1. The van der Waals surface area contributed by atoms with Crippen molar-refractivity contribution in [3.8, 4) is 0 Å². The molecular weight excluding hydrogens is 345 g/mol. The van der Waals surface area contributed by atoms with Gasteiger partial charge >= 0.3 is 0 Å². The monoisotopic (exact) mass is 371 g/mol. The SMILES string of the molecule is COCc1cc(N2CCCC(C3NNCC3c3ccc(F)cc3)C2)ncn1. The minimum absolute atomic E-state index is 0.186. The molecule has 0 aliphatic carbocycles. The fraction of sp³-hybridized carbons (Fsp3) is 0.500. The lowest BCUT2D eigenvalue weighted by atomic mass is 9.81. The molecule has 0 spiro atoms. The van der Waals surface area contributed by atoms with Gasteiger partial charge in [-0.3, -0.25) is 10.9 Å². The lowest BCUT2D eigenvalue weighted by Crippen LogP contribution is -2.46. The molecule has 3 atom stereocenters. The molecule has 0 bridgehead atoms. The number of hydrogen-bond acceptors (Lipinski definition) is 6. The topological polar surface area (TPSA) is 62.3 Å². The molecule has 2 fully saturated rings. The van der Waals surface area contributed by atoms with Gasteiger partial charge in [0.25, 0.3) is 0 Å². The Hall–Kier alpha value is -2.09. The van der Waals surface area contributed by atoms with Crippen LogP contribution < -0.4 is 15.8 Å². The van der Waals surface area contributed by atoms with Gasteiger partial charge in [0.05, 0.1) is 12.3 Å². The molecule has 1 aromatic carbocycles. The third-order valence-electron chi connectivity index (χ3n) is 5.61. The highest BCUT2D eigenvalue weighted by molar-refractivity contribution is 5.39. The minimum atomic E-state index is -0.186. The maximum absolute atomic E-state index is 13.3. The predicted molar refractivity (Wildman–Crippen MR) is 102 cm³/mol. The van der Waals surface area contributed by atoms with Crippen LogP contribution in [0.25, 0.3) is 0 Å². The number of anilines is 1. The van der Waals surface area contributed by atoms with Gasteiger partial charge in [-0.25, -0.2) is 14.4 Å². The molecule has 2 saturated heterocycles. The molecule has 0 amide bonds. The fourth-order valence-corrected chi connectivity index (χ4v) is 4.29. The van der Waals surface area contributed by atoms with E-state index >= 15 is 0 Å². The van der Waals surface area contributed by atoms with Crippen LogP contribution in [0.4, 0.5) is 10.2 Å². The zero-order valence-electron chi connectivity index (χ0n) is 15.6. The van der Waals surface area contributed by atoms with Gasteiger partial charge in [0.2, 0.25) is 0 Å². The van der Waals surface area contributed by atoms with E-state index in [1.165, 1.54) is 12.0 Å². The highest BCUT2D eigenvalue weighted by atomic mass is 19.1.